The van der Waals surface area contributed by atoms with Crippen LogP contribution in [0.2, 0.25) is 0 Å². The van der Waals surface area contributed by atoms with Gasteiger partial charge in [-0.15, -0.1) is 11.3 Å². The molecule has 0 aliphatic carbocycles. The Morgan fingerprint density at radius 2 is 1.57 bits per heavy atom. The van der Waals surface area contributed by atoms with Gasteiger partial charge in [0.05, 0.1) is 10.9 Å². The minimum Gasteiger partial charge on any atom is -0.444 e. The maximum atomic E-state index is 12.6. The van der Waals surface area contributed by atoms with Crippen LogP contribution >= 0.6 is 11.3 Å². The van der Waals surface area contributed by atoms with Crippen molar-refractivity contribution < 1.29 is 24.5 Å². The highest BCUT2D eigenvalue weighted by Crippen LogP contribution is 2.29. The summed E-state index contributed by atoms with van der Waals surface area (Å²) in [4.78, 5) is 26.4. The summed E-state index contributed by atoms with van der Waals surface area (Å²) in [6, 6.07) is 20.9. The molecule has 0 saturated carbocycles. The molecule has 1 aromatic heterocycles. The number of ether oxygens (including phenoxy) is 1. The molecule has 0 aliphatic heterocycles. The fourth-order valence-electron chi connectivity index (χ4n) is 3.58. The molecular weight excluding hydrogens is 462 g/mol. The second-order valence-electron chi connectivity index (χ2n) is 9.47. The minimum absolute atomic E-state index is 0.146. The van der Waals surface area contributed by atoms with Gasteiger partial charge in [0.1, 0.15) is 5.60 Å². The Morgan fingerprint density at radius 3 is 2.20 bits per heavy atom. The molecule has 0 spiro atoms. The Labute approximate surface area is 210 Å². The van der Waals surface area contributed by atoms with E-state index < -0.39 is 24.0 Å². The predicted molar refractivity (Wildman–Crippen MR) is 139 cm³/mol. The molecule has 1 unspecified atom stereocenters. The van der Waals surface area contributed by atoms with Crippen molar-refractivity contribution in [1.29, 1.82) is 0 Å². The Kier molecular flexibility index (Phi) is 9.20. The zero-order valence-corrected chi connectivity index (χ0v) is 21.2. The van der Waals surface area contributed by atoms with Crippen molar-refractivity contribution in [3.8, 4) is 10.4 Å². The van der Waals surface area contributed by atoms with Crippen LogP contribution in [0.3, 0.4) is 0 Å². The molecular formula is C28H33NO5S. The van der Waals surface area contributed by atoms with Crippen molar-refractivity contribution in [2.24, 2.45) is 0 Å². The maximum absolute atomic E-state index is 12.6. The van der Waals surface area contributed by atoms with E-state index in [1.807, 2.05) is 66.7 Å². The number of carbonyl (C=O) groups excluding carboxylic acids is 2. The Balaban J connectivity index is 1.54. The van der Waals surface area contributed by atoms with Crippen molar-refractivity contribution in [2.45, 2.75) is 64.4 Å². The molecule has 1 heterocycles. The second-order valence-corrected chi connectivity index (χ2v) is 10.6. The molecule has 0 aliphatic rings. The number of carbonyl (C=O) groups is 2. The molecule has 6 nitrogen and oxygen atoms in total. The first-order chi connectivity index (χ1) is 16.6. The molecule has 7 heteroatoms. The molecule has 0 saturated heterocycles. The minimum atomic E-state index is -1.69. The van der Waals surface area contributed by atoms with Gasteiger partial charge >= 0.3 is 6.09 Å². The van der Waals surface area contributed by atoms with Crippen molar-refractivity contribution in [3.63, 3.8) is 0 Å². The van der Waals surface area contributed by atoms with Crippen LogP contribution in [0.25, 0.3) is 10.4 Å². The van der Waals surface area contributed by atoms with Gasteiger partial charge in [-0.05, 0) is 68.9 Å². The van der Waals surface area contributed by atoms with E-state index in [-0.39, 0.29) is 5.78 Å². The van der Waals surface area contributed by atoms with Crippen molar-refractivity contribution >= 4 is 23.2 Å². The lowest BCUT2D eigenvalue weighted by Gasteiger charge is -2.24. The maximum Gasteiger partial charge on any atom is 0.408 e. The summed E-state index contributed by atoms with van der Waals surface area (Å²) in [5.41, 5.74) is 2.51. The summed E-state index contributed by atoms with van der Waals surface area (Å²) in [5, 5.41) is 21.8. The van der Waals surface area contributed by atoms with Gasteiger partial charge in [-0.25, -0.2) is 4.79 Å². The van der Waals surface area contributed by atoms with E-state index in [1.54, 1.807) is 20.8 Å². The lowest BCUT2D eigenvalue weighted by atomic mass is 10.0. The van der Waals surface area contributed by atoms with E-state index in [0.717, 1.165) is 32.9 Å². The first kappa shape index (κ1) is 26.6. The van der Waals surface area contributed by atoms with Gasteiger partial charge < -0.3 is 20.3 Å². The van der Waals surface area contributed by atoms with E-state index in [2.05, 4.69) is 5.32 Å². The number of aliphatic hydroxyl groups excluding tert-OH is 1. The summed E-state index contributed by atoms with van der Waals surface area (Å²) in [5.74, 6) is 0.146. The van der Waals surface area contributed by atoms with E-state index in [4.69, 9.17) is 4.74 Å². The van der Waals surface area contributed by atoms with E-state index in [0.29, 0.717) is 19.3 Å². The molecule has 0 fully saturated rings. The van der Waals surface area contributed by atoms with Crippen LogP contribution in [0.4, 0.5) is 4.79 Å². The zero-order chi connectivity index (χ0) is 25.4. The lowest BCUT2D eigenvalue weighted by Crippen LogP contribution is -2.45. The van der Waals surface area contributed by atoms with Gasteiger partial charge in [0.15, 0.2) is 12.1 Å². The highest BCUT2D eigenvalue weighted by molar-refractivity contribution is 7.17. The zero-order valence-electron chi connectivity index (χ0n) is 20.4. The van der Waals surface area contributed by atoms with Crippen LogP contribution in [-0.4, -0.2) is 40.0 Å². The smallest absolute Gasteiger partial charge is 0.408 e. The Hall–Kier alpha value is -3.00. The van der Waals surface area contributed by atoms with Crippen molar-refractivity contribution in [2.75, 3.05) is 0 Å². The number of Topliss-reactive ketones (excluding diaryl/α,β-unsaturated/α-hetero) is 1. The van der Waals surface area contributed by atoms with Gasteiger partial charge in [0, 0.05) is 11.3 Å². The summed E-state index contributed by atoms with van der Waals surface area (Å²) in [6.07, 6.45) is -0.267. The quantitative estimate of drug-likeness (QED) is 0.260. The SMILES string of the molecule is CC(C)(C)OC(=O)NC(CCc1ccc(-c2ccc(C(=O)CCc3ccccc3)s2)cc1)C(O)O. The number of hydrogen-bond donors (Lipinski definition) is 3. The van der Waals surface area contributed by atoms with Crippen LogP contribution in [0, 0.1) is 0 Å². The third-order valence-corrected chi connectivity index (χ3v) is 6.58. The molecule has 2 aromatic carbocycles. The normalized spacial score (nSPS) is 12.4. The molecule has 1 atom stereocenters. The highest BCUT2D eigenvalue weighted by Gasteiger charge is 2.23. The van der Waals surface area contributed by atoms with Gasteiger partial charge in [-0.2, -0.15) is 0 Å². The monoisotopic (exact) mass is 495 g/mol. The van der Waals surface area contributed by atoms with Crippen LogP contribution in [0.5, 0.6) is 0 Å². The highest BCUT2D eigenvalue weighted by atomic mass is 32.1. The average molecular weight is 496 g/mol. The van der Waals surface area contributed by atoms with Crippen LogP contribution in [0.15, 0.2) is 66.7 Å². The number of aryl methyl sites for hydroxylation is 2. The molecule has 35 heavy (non-hydrogen) atoms. The number of nitrogens with one attached hydrogen (secondary N) is 1. The molecule has 1 amide bonds. The number of alkyl carbamates (subject to hydrolysis) is 1. The summed E-state index contributed by atoms with van der Waals surface area (Å²) < 4.78 is 5.20. The number of ketones is 1. The van der Waals surface area contributed by atoms with E-state index in [9.17, 15) is 19.8 Å². The number of hydrogen-bond acceptors (Lipinski definition) is 6. The molecule has 3 rings (SSSR count). The van der Waals surface area contributed by atoms with Gasteiger partial charge in [-0.3, -0.25) is 4.79 Å². The summed E-state index contributed by atoms with van der Waals surface area (Å²) in [6.45, 7) is 5.24. The number of thiophene rings is 1. The largest absolute Gasteiger partial charge is 0.444 e. The van der Waals surface area contributed by atoms with Crippen LogP contribution in [-0.2, 0) is 17.6 Å². The Bertz CT molecular complexity index is 1100. The van der Waals surface area contributed by atoms with Crippen LogP contribution < -0.4 is 5.32 Å². The molecule has 3 N–H and O–H groups in total. The summed E-state index contributed by atoms with van der Waals surface area (Å²) in [7, 11) is 0. The molecule has 0 bridgehead atoms. The third kappa shape index (κ3) is 8.62. The van der Waals surface area contributed by atoms with Gasteiger partial charge in [0.25, 0.3) is 0 Å². The number of benzene rings is 2. The standard InChI is InChI=1S/C28H33NO5S/c1-28(2,3)34-27(33)29-22(26(31)32)15-11-20-9-13-21(14-10-20)24-17-18-25(35-24)23(30)16-12-19-7-5-4-6-8-19/h4-10,13-14,17-18,22,26,31-32H,11-12,15-16H2,1-3H3,(H,29,33). The fraction of sp³-hybridized carbons (Fsp3) is 0.357. The first-order valence-electron chi connectivity index (χ1n) is 11.7. The predicted octanol–water partition coefficient (Wildman–Crippen LogP) is 5.37. The Morgan fingerprint density at radius 1 is 0.914 bits per heavy atom. The summed E-state index contributed by atoms with van der Waals surface area (Å²) >= 11 is 1.49. The number of rotatable bonds is 10. The molecule has 0 radical (unpaired) electrons. The van der Waals surface area contributed by atoms with E-state index in [1.165, 1.54) is 11.3 Å². The van der Waals surface area contributed by atoms with Crippen LogP contribution in [0.1, 0.15) is 54.4 Å². The third-order valence-electron chi connectivity index (χ3n) is 5.41. The number of aliphatic hydroxyl groups is 2. The van der Waals surface area contributed by atoms with Crippen molar-refractivity contribution in [1.82, 2.24) is 5.32 Å². The fourth-order valence-corrected chi connectivity index (χ4v) is 4.56. The number of amides is 1. The van der Waals surface area contributed by atoms with Crippen molar-refractivity contribution in [3.05, 3.63) is 82.7 Å². The topological polar surface area (TPSA) is 95.9 Å². The van der Waals surface area contributed by atoms with E-state index >= 15 is 0 Å². The van der Waals surface area contributed by atoms with Gasteiger partial charge in [0.2, 0.25) is 0 Å². The molecule has 3 aromatic rings. The molecule has 186 valence electrons. The second kappa shape index (κ2) is 12.1. The average Bonchev–Trinajstić information content (AvgIpc) is 3.30. The van der Waals surface area contributed by atoms with Gasteiger partial charge in [-0.1, -0.05) is 54.6 Å². The first-order valence-corrected chi connectivity index (χ1v) is 12.5. The lowest BCUT2D eigenvalue weighted by molar-refractivity contribution is -0.0697.